The minimum Gasteiger partial charge on any atom is -0.417 e. The van der Waals surface area contributed by atoms with Gasteiger partial charge in [-0.1, -0.05) is 30.3 Å². The molecule has 0 aliphatic carbocycles. The molecule has 0 aliphatic rings. The molecule has 0 amide bonds. The Morgan fingerprint density at radius 3 is 2.48 bits per heavy atom. The van der Waals surface area contributed by atoms with Crippen molar-refractivity contribution in [2.24, 2.45) is 7.05 Å². The van der Waals surface area contributed by atoms with Crippen molar-refractivity contribution in [2.75, 3.05) is 17.2 Å². The first-order chi connectivity index (χ1) is 19.1. The molecule has 12 nitrogen and oxygen atoms in total. The number of rotatable bonds is 9. The van der Waals surface area contributed by atoms with Crippen LogP contribution in [0.2, 0.25) is 0 Å². The number of nitrogens with zero attached hydrogens (tertiary/aromatic N) is 6. The van der Waals surface area contributed by atoms with Crippen molar-refractivity contribution in [1.29, 1.82) is 0 Å². The third kappa shape index (κ3) is 5.18. The smallest absolute Gasteiger partial charge is 0.275 e. The van der Waals surface area contributed by atoms with Gasteiger partial charge in [0.05, 0.1) is 29.3 Å². The Morgan fingerprint density at radius 1 is 1.07 bits per heavy atom. The number of aliphatic hydroxyl groups is 2. The standard InChI is InChI=1S/C28H32N8O4/c1-16(2)36-24-18(26(38)35(36)5)11-12-22(32-24)31-23-13-20(30-21(15-37)17-9-7-6-8-10-17)19(14-29-23)25-33-34-27(40-25)28(3,4)39/h6-14,16,21,37,39H,15H2,1-5H3,(H2,29,30,31,32)/t21-/m1/s1. The molecule has 5 rings (SSSR count). The summed E-state index contributed by atoms with van der Waals surface area (Å²) < 4.78 is 9.17. The van der Waals surface area contributed by atoms with Crippen LogP contribution < -0.4 is 16.2 Å². The maximum Gasteiger partial charge on any atom is 0.275 e. The molecule has 0 saturated heterocycles. The second-order valence-electron chi connectivity index (χ2n) is 10.3. The molecule has 0 bridgehead atoms. The molecular weight excluding hydrogens is 512 g/mol. The highest BCUT2D eigenvalue weighted by atomic mass is 16.4. The fraction of sp³-hybridized carbons (Fsp3) is 0.321. The van der Waals surface area contributed by atoms with Gasteiger partial charge < -0.3 is 25.3 Å². The number of aromatic nitrogens is 6. The zero-order chi connectivity index (χ0) is 28.6. The number of fused-ring (bicyclic) bond motifs is 1. The Balaban J connectivity index is 1.55. The van der Waals surface area contributed by atoms with Crippen LogP contribution in [0.4, 0.5) is 17.3 Å². The van der Waals surface area contributed by atoms with Crippen LogP contribution in [-0.2, 0) is 12.6 Å². The predicted octanol–water partition coefficient (Wildman–Crippen LogP) is 3.88. The van der Waals surface area contributed by atoms with E-state index in [1.807, 2.05) is 48.9 Å². The minimum atomic E-state index is -1.32. The zero-order valence-electron chi connectivity index (χ0n) is 23.0. The Morgan fingerprint density at radius 2 is 1.82 bits per heavy atom. The molecule has 1 atom stereocenters. The topological polar surface area (TPSA) is 156 Å². The van der Waals surface area contributed by atoms with E-state index >= 15 is 0 Å². The van der Waals surface area contributed by atoms with Crippen molar-refractivity contribution < 1.29 is 14.6 Å². The lowest BCUT2D eigenvalue weighted by atomic mass is 10.1. The summed E-state index contributed by atoms with van der Waals surface area (Å²) in [6, 6.07) is 14.4. The van der Waals surface area contributed by atoms with Gasteiger partial charge in [0, 0.05) is 25.4 Å². The maximum absolute atomic E-state index is 12.7. The molecule has 0 saturated carbocycles. The van der Waals surface area contributed by atoms with Crippen molar-refractivity contribution in [1.82, 2.24) is 29.5 Å². The van der Waals surface area contributed by atoms with Crippen LogP contribution in [0.1, 0.15) is 51.2 Å². The van der Waals surface area contributed by atoms with E-state index in [4.69, 9.17) is 9.40 Å². The monoisotopic (exact) mass is 544 g/mol. The average molecular weight is 545 g/mol. The fourth-order valence-electron chi connectivity index (χ4n) is 4.50. The van der Waals surface area contributed by atoms with E-state index in [0.29, 0.717) is 33.9 Å². The predicted molar refractivity (Wildman–Crippen MR) is 151 cm³/mol. The Bertz CT molecular complexity index is 1700. The van der Waals surface area contributed by atoms with Crippen molar-refractivity contribution in [3.8, 4) is 11.5 Å². The second-order valence-corrected chi connectivity index (χ2v) is 10.3. The van der Waals surface area contributed by atoms with Gasteiger partial charge in [-0.3, -0.25) is 14.2 Å². The highest BCUT2D eigenvalue weighted by Gasteiger charge is 2.26. The summed E-state index contributed by atoms with van der Waals surface area (Å²) >= 11 is 0. The van der Waals surface area contributed by atoms with Gasteiger partial charge in [-0.05, 0) is 45.4 Å². The van der Waals surface area contributed by atoms with Crippen molar-refractivity contribution in [3.05, 3.63) is 76.5 Å². The van der Waals surface area contributed by atoms with E-state index < -0.39 is 11.6 Å². The highest BCUT2D eigenvalue weighted by Crippen LogP contribution is 2.33. The van der Waals surface area contributed by atoms with Crippen LogP contribution in [0.15, 0.2) is 63.9 Å². The van der Waals surface area contributed by atoms with Crippen LogP contribution in [-0.4, -0.2) is 46.3 Å². The van der Waals surface area contributed by atoms with Crippen molar-refractivity contribution in [2.45, 2.75) is 45.4 Å². The largest absolute Gasteiger partial charge is 0.417 e. The first kappa shape index (κ1) is 27.0. The van der Waals surface area contributed by atoms with Gasteiger partial charge in [0.15, 0.2) is 5.65 Å². The lowest BCUT2D eigenvalue weighted by Gasteiger charge is -2.20. The van der Waals surface area contributed by atoms with E-state index in [1.165, 1.54) is 0 Å². The number of benzene rings is 1. The summed E-state index contributed by atoms with van der Waals surface area (Å²) in [7, 11) is 1.72. The number of nitrogens with one attached hydrogen (secondary N) is 2. The van der Waals surface area contributed by atoms with E-state index in [1.54, 1.807) is 50.0 Å². The molecule has 1 aromatic carbocycles. The van der Waals surface area contributed by atoms with Crippen LogP contribution in [0, 0.1) is 0 Å². The van der Waals surface area contributed by atoms with Gasteiger partial charge in [0.2, 0.25) is 5.89 Å². The number of hydrogen-bond acceptors (Lipinski definition) is 10. The summed E-state index contributed by atoms with van der Waals surface area (Å²) in [4.78, 5) is 21.9. The summed E-state index contributed by atoms with van der Waals surface area (Å²) in [5.41, 5.74) is 1.07. The molecule has 208 valence electrons. The Labute approximate surface area is 230 Å². The minimum absolute atomic E-state index is 0.0303. The summed E-state index contributed by atoms with van der Waals surface area (Å²) in [5, 5.41) is 35.7. The second kappa shape index (κ2) is 10.5. The molecular formula is C28H32N8O4. The number of hydrogen-bond donors (Lipinski definition) is 4. The van der Waals surface area contributed by atoms with Crippen LogP contribution in [0.25, 0.3) is 22.5 Å². The fourth-order valence-corrected chi connectivity index (χ4v) is 4.50. The molecule has 0 spiro atoms. The molecule has 4 N–H and O–H groups in total. The third-order valence-corrected chi connectivity index (χ3v) is 6.48. The first-order valence-electron chi connectivity index (χ1n) is 12.9. The van der Waals surface area contributed by atoms with Gasteiger partial charge >= 0.3 is 0 Å². The van der Waals surface area contributed by atoms with Gasteiger partial charge in [-0.2, -0.15) is 0 Å². The van der Waals surface area contributed by atoms with Gasteiger partial charge in [0.25, 0.3) is 11.4 Å². The SMILES string of the molecule is CC(C)n1c2nc(Nc3cc(N[C@H](CO)c4ccccc4)c(-c4nnc(C(C)(C)O)o4)cn3)ccc2c(=O)n1C. The summed E-state index contributed by atoms with van der Waals surface area (Å²) in [6.45, 7) is 6.92. The van der Waals surface area contributed by atoms with Crippen LogP contribution in [0.3, 0.4) is 0 Å². The molecule has 12 heteroatoms. The maximum atomic E-state index is 12.7. The molecule has 0 fully saturated rings. The molecule has 5 aromatic rings. The molecule has 0 aliphatic heterocycles. The molecule has 0 radical (unpaired) electrons. The van der Waals surface area contributed by atoms with Crippen molar-refractivity contribution in [3.63, 3.8) is 0 Å². The van der Waals surface area contributed by atoms with Gasteiger partial charge in [-0.15, -0.1) is 10.2 Å². The van der Waals surface area contributed by atoms with E-state index in [-0.39, 0.29) is 30.0 Å². The van der Waals surface area contributed by atoms with Gasteiger partial charge in [0.1, 0.15) is 17.2 Å². The zero-order valence-corrected chi connectivity index (χ0v) is 23.0. The van der Waals surface area contributed by atoms with E-state index in [2.05, 4.69) is 25.8 Å². The molecule has 0 unspecified atom stereocenters. The molecule has 40 heavy (non-hydrogen) atoms. The van der Waals surface area contributed by atoms with Gasteiger partial charge in [-0.25, -0.2) is 9.97 Å². The highest BCUT2D eigenvalue weighted by molar-refractivity contribution is 5.79. The number of pyridine rings is 2. The summed E-state index contributed by atoms with van der Waals surface area (Å²) in [5.74, 6) is 1.18. The number of anilines is 3. The first-order valence-corrected chi connectivity index (χ1v) is 12.9. The number of aliphatic hydroxyl groups excluding tert-OH is 1. The lowest BCUT2D eigenvalue weighted by molar-refractivity contribution is 0.0488. The molecule has 4 aromatic heterocycles. The third-order valence-electron chi connectivity index (χ3n) is 6.48. The quantitative estimate of drug-likeness (QED) is 0.215. The van der Waals surface area contributed by atoms with Crippen LogP contribution in [0.5, 0.6) is 0 Å². The lowest BCUT2D eigenvalue weighted by Crippen LogP contribution is -2.20. The summed E-state index contributed by atoms with van der Waals surface area (Å²) in [6.07, 6.45) is 1.57. The van der Waals surface area contributed by atoms with Crippen molar-refractivity contribution >= 4 is 28.4 Å². The van der Waals surface area contributed by atoms with Crippen LogP contribution >= 0.6 is 0 Å². The molecule has 4 heterocycles. The van der Waals surface area contributed by atoms with E-state index in [0.717, 1.165) is 5.56 Å². The Kier molecular flexibility index (Phi) is 7.13. The normalized spacial score (nSPS) is 12.7. The van der Waals surface area contributed by atoms with E-state index in [9.17, 15) is 15.0 Å². The average Bonchev–Trinajstić information content (AvgIpc) is 3.51. The Hall–Kier alpha value is -4.55.